The molecule has 3 aromatic rings. The van der Waals surface area contributed by atoms with E-state index < -0.39 is 5.41 Å². The van der Waals surface area contributed by atoms with Gasteiger partial charge in [-0.2, -0.15) is 15.5 Å². The fraction of sp³-hybridized carbons (Fsp3) is 0.250. The smallest absolute Gasteiger partial charge is 0.311 e. The molecule has 0 fully saturated rings. The number of carbonyl (C=O) groups is 2. The van der Waals surface area contributed by atoms with Gasteiger partial charge in [0.05, 0.1) is 28.4 Å². The lowest BCUT2D eigenvalue weighted by Gasteiger charge is -2.20. The van der Waals surface area contributed by atoms with Crippen molar-refractivity contribution in [2.24, 2.45) is 15.6 Å². The SMILES string of the molecule is CCC(C)(C)C(=O)OCCOc1ccc(C(=O)Nc2ccc(N=Nc3ccc(C#N)cc3)cc2)cc1. The highest BCUT2D eigenvalue weighted by atomic mass is 16.6. The van der Waals surface area contributed by atoms with Gasteiger partial charge in [-0.05, 0) is 93.1 Å². The van der Waals surface area contributed by atoms with Crippen molar-refractivity contribution in [3.63, 3.8) is 0 Å². The normalized spacial score (nSPS) is 11.1. The van der Waals surface area contributed by atoms with E-state index >= 15 is 0 Å². The van der Waals surface area contributed by atoms with E-state index in [1.54, 1.807) is 72.8 Å². The lowest BCUT2D eigenvalue weighted by Crippen LogP contribution is -2.27. The molecular formula is C28H28N4O4. The molecule has 0 aliphatic carbocycles. The van der Waals surface area contributed by atoms with Gasteiger partial charge in [0.25, 0.3) is 5.91 Å². The molecule has 0 heterocycles. The Labute approximate surface area is 210 Å². The average Bonchev–Trinajstić information content (AvgIpc) is 2.91. The van der Waals surface area contributed by atoms with E-state index in [2.05, 4.69) is 21.6 Å². The molecule has 0 radical (unpaired) electrons. The first-order valence-electron chi connectivity index (χ1n) is 11.5. The number of azo groups is 1. The summed E-state index contributed by atoms with van der Waals surface area (Å²) in [4.78, 5) is 24.5. The van der Waals surface area contributed by atoms with Crippen molar-refractivity contribution in [2.45, 2.75) is 27.2 Å². The largest absolute Gasteiger partial charge is 0.490 e. The van der Waals surface area contributed by atoms with Crippen molar-refractivity contribution in [1.82, 2.24) is 0 Å². The zero-order chi connectivity index (χ0) is 26.0. The number of ether oxygens (including phenoxy) is 2. The van der Waals surface area contributed by atoms with Crippen LogP contribution in [0.5, 0.6) is 5.75 Å². The number of hydrogen-bond donors (Lipinski definition) is 1. The number of amides is 1. The predicted octanol–water partition coefficient (Wildman–Crippen LogP) is 6.58. The number of rotatable bonds is 10. The van der Waals surface area contributed by atoms with Crippen LogP contribution >= 0.6 is 0 Å². The maximum atomic E-state index is 12.6. The van der Waals surface area contributed by atoms with Gasteiger partial charge in [-0.3, -0.25) is 9.59 Å². The molecule has 3 rings (SSSR count). The molecule has 1 amide bonds. The molecule has 0 saturated carbocycles. The zero-order valence-corrected chi connectivity index (χ0v) is 20.5. The number of anilines is 1. The summed E-state index contributed by atoms with van der Waals surface area (Å²) in [5.74, 6) is 0.0709. The zero-order valence-electron chi connectivity index (χ0n) is 20.5. The van der Waals surface area contributed by atoms with Gasteiger partial charge in [0.2, 0.25) is 0 Å². The van der Waals surface area contributed by atoms with Crippen LogP contribution in [0.15, 0.2) is 83.0 Å². The van der Waals surface area contributed by atoms with Gasteiger partial charge < -0.3 is 14.8 Å². The number of benzene rings is 3. The number of carbonyl (C=O) groups excluding carboxylic acids is 2. The van der Waals surface area contributed by atoms with Crippen molar-refractivity contribution >= 4 is 28.9 Å². The number of nitrogens with zero attached hydrogens (tertiary/aromatic N) is 3. The van der Waals surface area contributed by atoms with E-state index in [1.807, 2.05) is 20.8 Å². The number of esters is 1. The minimum Gasteiger partial charge on any atom is -0.490 e. The average molecular weight is 485 g/mol. The van der Waals surface area contributed by atoms with Crippen molar-refractivity contribution < 1.29 is 19.1 Å². The van der Waals surface area contributed by atoms with E-state index in [1.165, 1.54) is 0 Å². The maximum absolute atomic E-state index is 12.6. The second kappa shape index (κ2) is 12.3. The molecule has 0 spiro atoms. The Morgan fingerprint density at radius 3 is 2.03 bits per heavy atom. The van der Waals surface area contributed by atoms with Crippen molar-refractivity contribution in [3.05, 3.63) is 83.9 Å². The summed E-state index contributed by atoms with van der Waals surface area (Å²) in [5, 5.41) is 20.0. The Kier molecular flexibility index (Phi) is 8.89. The summed E-state index contributed by atoms with van der Waals surface area (Å²) in [6, 6.07) is 22.5. The van der Waals surface area contributed by atoms with Gasteiger partial charge in [-0.15, -0.1) is 0 Å². The molecule has 3 aromatic carbocycles. The highest BCUT2D eigenvalue weighted by Crippen LogP contribution is 2.22. The summed E-state index contributed by atoms with van der Waals surface area (Å²) in [5.41, 5.74) is 2.41. The fourth-order valence-electron chi connectivity index (χ4n) is 2.87. The molecule has 0 saturated heterocycles. The highest BCUT2D eigenvalue weighted by Gasteiger charge is 2.26. The van der Waals surface area contributed by atoms with E-state index in [4.69, 9.17) is 14.7 Å². The maximum Gasteiger partial charge on any atom is 0.311 e. The van der Waals surface area contributed by atoms with Gasteiger partial charge in [-0.25, -0.2) is 0 Å². The van der Waals surface area contributed by atoms with Crippen LogP contribution in [0.4, 0.5) is 17.1 Å². The third-order valence-corrected chi connectivity index (χ3v) is 5.54. The van der Waals surface area contributed by atoms with Gasteiger partial charge >= 0.3 is 5.97 Å². The van der Waals surface area contributed by atoms with E-state index in [0.717, 1.165) is 0 Å². The van der Waals surface area contributed by atoms with Crippen LogP contribution in [-0.2, 0) is 9.53 Å². The molecule has 8 nitrogen and oxygen atoms in total. The quantitative estimate of drug-likeness (QED) is 0.198. The third-order valence-electron chi connectivity index (χ3n) is 5.54. The predicted molar refractivity (Wildman–Crippen MR) is 137 cm³/mol. The van der Waals surface area contributed by atoms with Crippen molar-refractivity contribution in [1.29, 1.82) is 5.26 Å². The molecule has 0 aliphatic rings. The van der Waals surface area contributed by atoms with Crippen molar-refractivity contribution in [3.8, 4) is 11.8 Å². The van der Waals surface area contributed by atoms with Gasteiger partial charge in [0, 0.05) is 11.3 Å². The van der Waals surface area contributed by atoms with Crippen LogP contribution < -0.4 is 10.1 Å². The molecule has 0 bridgehead atoms. The molecule has 0 atom stereocenters. The number of hydrogen-bond acceptors (Lipinski definition) is 7. The minimum atomic E-state index is -0.508. The molecule has 36 heavy (non-hydrogen) atoms. The molecule has 0 aliphatic heterocycles. The van der Waals surface area contributed by atoms with Crippen LogP contribution in [0, 0.1) is 16.7 Å². The number of nitriles is 1. The highest BCUT2D eigenvalue weighted by molar-refractivity contribution is 6.04. The van der Waals surface area contributed by atoms with E-state index in [9.17, 15) is 9.59 Å². The van der Waals surface area contributed by atoms with Crippen LogP contribution in [-0.4, -0.2) is 25.1 Å². The van der Waals surface area contributed by atoms with Crippen LogP contribution in [0.1, 0.15) is 43.1 Å². The summed E-state index contributed by atoms with van der Waals surface area (Å²) < 4.78 is 10.8. The van der Waals surface area contributed by atoms with Crippen LogP contribution in [0.3, 0.4) is 0 Å². The van der Waals surface area contributed by atoms with Crippen LogP contribution in [0.2, 0.25) is 0 Å². The van der Waals surface area contributed by atoms with Gasteiger partial charge in [0.1, 0.15) is 19.0 Å². The summed E-state index contributed by atoms with van der Waals surface area (Å²) in [7, 11) is 0. The molecular weight excluding hydrogens is 456 g/mol. The molecule has 8 heteroatoms. The van der Waals surface area contributed by atoms with Crippen molar-refractivity contribution in [2.75, 3.05) is 18.5 Å². The Morgan fingerprint density at radius 2 is 1.47 bits per heavy atom. The molecule has 1 N–H and O–H groups in total. The first-order valence-corrected chi connectivity index (χ1v) is 11.5. The topological polar surface area (TPSA) is 113 Å². The lowest BCUT2D eigenvalue weighted by molar-refractivity contribution is -0.154. The lowest BCUT2D eigenvalue weighted by atomic mass is 9.91. The van der Waals surface area contributed by atoms with Gasteiger partial charge in [-0.1, -0.05) is 6.92 Å². The Bertz CT molecular complexity index is 1240. The first-order chi connectivity index (χ1) is 17.3. The van der Waals surface area contributed by atoms with Crippen LogP contribution in [0.25, 0.3) is 0 Å². The molecule has 0 unspecified atom stereocenters. The van der Waals surface area contributed by atoms with E-state index in [0.29, 0.717) is 40.4 Å². The minimum absolute atomic E-state index is 0.160. The number of nitrogens with one attached hydrogen (secondary N) is 1. The monoisotopic (exact) mass is 484 g/mol. The Balaban J connectivity index is 1.47. The summed E-state index contributed by atoms with van der Waals surface area (Å²) in [6.45, 7) is 6.02. The Morgan fingerprint density at radius 1 is 0.889 bits per heavy atom. The Hall–Kier alpha value is -4.51. The third kappa shape index (κ3) is 7.50. The summed E-state index contributed by atoms with van der Waals surface area (Å²) in [6.07, 6.45) is 0.700. The molecule has 0 aromatic heterocycles. The second-order valence-electron chi connectivity index (χ2n) is 8.61. The van der Waals surface area contributed by atoms with E-state index in [-0.39, 0.29) is 25.1 Å². The van der Waals surface area contributed by atoms with Gasteiger partial charge in [0.15, 0.2) is 0 Å². The summed E-state index contributed by atoms with van der Waals surface area (Å²) >= 11 is 0. The fourth-order valence-corrected chi connectivity index (χ4v) is 2.87. The second-order valence-corrected chi connectivity index (χ2v) is 8.61. The first kappa shape index (κ1) is 26.1. The molecule has 184 valence electrons. The standard InChI is InChI=1S/C28H28N4O4/c1-4-28(2,3)27(34)36-18-17-35-25-15-7-21(8-16-25)26(33)30-22-11-13-24(14-12-22)32-31-23-9-5-20(19-29)6-10-23/h5-16H,4,17-18H2,1-3H3,(H,30,33).